The number of rotatable bonds is 5. The molecule has 2 aromatic heterocycles. The number of aromatic nitrogens is 2. The van der Waals surface area contributed by atoms with E-state index in [9.17, 15) is 0 Å². The van der Waals surface area contributed by atoms with E-state index < -0.39 is 0 Å². The van der Waals surface area contributed by atoms with Gasteiger partial charge in [-0.05, 0) is 25.3 Å². The van der Waals surface area contributed by atoms with Gasteiger partial charge in [-0.25, -0.2) is 4.98 Å². The second-order valence-corrected chi connectivity index (χ2v) is 5.26. The van der Waals surface area contributed by atoms with Crippen LogP contribution in [0.25, 0.3) is 10.2 Å². The average molecular weight is 275 g/mol. The Hall–Kier alpha value is -1.87. The van der Waals surface area contributed by atoms with Crippen LogP contribution in [0.4, 0.5) is 11.8 Å². The van der Waals surface area contributed by atoms with Gasteiger partial charge in [-0.1, -0.05) is 0 Å². The normalized spacial score (nSPS) is 12.1. The Morgan fingerprint density at radius 3 is 3.00 bits per heavy atom. The van der Waals surface area contributed by atoms with Crippen molar-refractivity contribution in [3.8, 4) is 6.07 Å². The number of thiophene rings is 1. The van der Waals surface area contributed by atoms with Crippen LogP contribution in [-0.2, 0) is 0 Å². The van der Waals surface area contributed by atoms with E-state index in [4.69, 9.17) is 5.26 Å². The summed E-state index contributed by atoms with van der Waals surface area (Å²) in [6.07, 6.45) is 0.475. The Kier molecular flexibility index (Phi) is 4.17. The van der Waals surface area contributed by atoms with E-state index in [0.29, 0.717) is 12.4 Å². The zero-order chi connectivity index (χ0) is 13.8. The first-order chi connectivity index (χ1) is 9.17. The van der Waals surface area contributed by atoms with Crippen molar-refractivity contribution in [2.45, 2.75) is 26.3 Å². The molecule has 2 heterocycles. The quantitative estimate of drug-likeness (QED) is 0.909. The van der Waals surface area contributed by atoms with Crippen molar-refractivity contribution in [1.82, 2.24) is 9.97 Å². The van der Waals surface area contributed by atoms with Crippen LogP contribution in [0, 0.1) is 11.3 Å². The van der Waals surface area contributed by atoms with Crippen molar-refractivity contribution in [3.05, 3.63) is 11.4 Å². The SMILES string of the molecule is CCNc1nc(N(C)C(C)CC#N)c2ccsc2n1. The second-order valence-electron chi connectivity index (χ2n) is 4.36. The monoisotopic (exact) mass is 275 g/mol. The molecule has 0 aliphatic heterocycles. The van der Waals surface area contributed by atoms with Gasteiger partial charge in [-0.15, -0.1) is 11.3 Å². The summed E-state index contributed by atoms with van der Waals surface area (Å²) in [7, 11) is 1.97. The smallest absolute Gasteiger partial charge is 0.226 e. The van der Waals surface area contributed by atoms with Crippen LogP contribution in [0.2, 0.25) is 0 Å². The molecule has 1 unspecified atom stereocenters. The Morgan fingerprint density at radius 2 is 2.32 bits per heavy atom. The molecular weight excluding hydrogens is 258 g/mol. The highest BCUT2D eigenvalue weighted by Crippen LogP contribution is 2.29. The highest BCUT2D eigenvalue weighted by Gasteiger charge is 2.16. The van der Waals surface area contributed by atoms with Crippen LogP contribution >= 0.6 is 11.3 Å². The Bertz CT molecular complexity index is 601. The molecular formula is C13H17N5S. The number of nitrogens with one attached hydrogen (secondary N) is 1. The molecule has 0 radical (unpaired) electrons. The summed E-state index contributed by atoms with van der Waals surface area (Å²) in [5, 5.41) is 15.0. The lowest BCUT2D eigenvalue weighted by Crippen LogP contribution is -2.29. The summed E-state index contributed by atoms with van der Waals surface area (Å²) in [5.74, 6) is 1.52. The topological polar surface area (TPSA) is 64.8 Å². The molecule has 0 saturated heterocycles. The van der Waals surface area contributed by atoms with Crippen molar-refractivity contribution >= 4 is 33.3 Å². The van der Waals surface area contributed by atoms with Gasteiger partial charge in [0.25, 0.3) is 0 Å². The summed E-state index contributed by atoms with van der Waals surface area (Å²) < 4.78 is 0. The Morgan fingerprint density at radius 1 is 1.53 bits per heavy atom. The number of hydrogen-bond acceptors (Lipinski definition) is 6. The predicted octanol–water partition coefficient (Wildman–Crippen LogP) is 2.86. The van der Waals surface area contributed by atoms with E-state index in [0.717, 1.165) is 22.6 Å². The van der Waals surface area contributed by atoms with Gasteiger partial charge < -0.3 is 10.2 Å². The first-order valence-electron chi connectivity index (χ1n) is 6.26. The van der Waals surface area contributed by atoms with Crippen LogP contribution in [0.5, 0.6) is 0 Å². The van der Waals surface area contributed by atoms with Crippen LogP contribution in [0.3, 0.4) is 0 Å². The zero-order valence-corrected chi connectivity index (χ0v) is 12.2. The number of nitriles is 1. The van der Waals surface area contributed by atoms with Gasteiger partial charge in [0.05, 0.1) is 17.9 Å². The molecule has 0 amide bonds. The highest BCUT2D eigenvalue weighted by atomic mass is 32.1. The first-order valence-corrected chi connectivity index (χ1v) is 7.14. The molecule has 2 aromatic rings. The summed E-state index contributed by atoms with van der Waals surface area (Å²) >= 11 is 1.60. The van der Waals surface area contributed by atoms with Crippen LogP contribution < -0.4 is 10.2 Å². The number of hydrogen-bond donors (Lipinski definition) is 1. The minimum absolute atomic E-state index is 0.123. The van der Waals surface area contributed by atoms with Crippen LogP contribution in [-0.4, -0.2) is 29.6 Å². The fourth-order valence-corrected chi connectivity index (χ4v) is 2.58. The van der Waals surface area contributed by atoms with E-state index in [1.165, 1.54) is 0 Å². The standard InChI is InChI=1S/C13H17N5S/c1-4-15-13-16-11(18(3)9(2)5-7-14)10-6-8-19-12(10)17-13/h6,8-9H,4-5H2,1-3H3,(H,15,16,17). The molecule has 100 valence electrons. The van der Waals surface area contributed by atoms with Gasteiger partial charge in [0.15, 0.2) is 0 Å². The molecule has 0 bridgehead atoms. The highest BCUT2D eigenvalue weighted by molar-refractivity contribution is 7.16. The molecule has 0 aliphatic carbocycles. The van der Waals surface area contributed by atoms with Gasteiger partial charge in [-0.2, -0.15) is 10.2 Å². The molecule has 0 aliphatic rings. The molecule has 5 nitrogen and oxygen atoms in total. The van der Waals surface area contributed by atoms with Crippen molar-refractivity contribution in [2.75, 3.05) is 23.8 Å². The van der Waals surface area contributed by atoms with Crippen molar-refractivity contribution in [3.63, 3.8) is 0 Å². The maximum atomic E-state index is 8.82. The minimum Gasteiger partial charge on any atom is -0.355 e. The van der Waals surface area contributed by atoms with Gasteiger partial charge in [0.1, 0.15) is 10.6 Å². The fraction of sp³-hybridized carbons (Fsp3) is 0.462. The Balaban J connectivity index is 2.45. The zero-order valence-electron chi connectivity index (χ0n) is 11.3. The van der Waals surface area contributed by atoms with Crippen molar-refractivity contribution in [2.24, 2.45) is 0 Å². The second kappa shape index (κ2) is 5.85. The van der Waals surface area contributed by atoms with E-state index in [1.54, 1.807) is 11.3 Å². The van der Waals surface area contributed by atoms with Crippen LogP contribution in [0.15, 0.2) is 11.4 Å². The molecule has 0 saturated carbocycles. The summed E-state index contributed by atoms with van der Waals surface area (Å²) in [4.78, 5) is 12.1. The molecule has 0 fully saturated rings. The Labute approximate surface area is 116 Å². The van der Waals surface area contributed by atoms with E-state index in [-0.39, 0.29) is 6.04 Å². The number of fused-ring (bicyclic) bond motifs is 1. The molecule has 2 rings (SSSR count). The molecule has 0 spiro atoms. The van der Waals surface area contributed by atoms with E-state index in [1.807, 2.05) is 37.2 Å². The van der Waals surface area contributed by atoms with Gasteiger partial charge in [-0.3, -0.25) is 0 Å². The van der Waals surface area contributed by atoms with Gasteiger partial charge in [0, 0.05) is 19.6 Å². The third kappa shape index (κ3) is 2.76. The third-order valence-electron chi connectivity index (χ3n) is 3.02. The average Bonchev–Trinajstić information content (AvgIpc) is 2.85. The maximum Gasteiger partial charge on any atom is 0.226 e. The molecule has 19 heavy (non-hydrogen) atoms. The number of nitrogens with zero attached hydrogens (tertiary/aromatic N) is 4. The van der Waals surface area contributed by atoms with Crippen molar-refractivity contribution < 1.29 is 0 Å². The maximum absolute atomic E-state index is 8.82. The van der Waals surface area contributed by atoms with Crippen molar-refractivity contribution in [1.29, 1.82) is 5.26 Å². The number of anilines is 2. The fourth-order valence-electron chi connectivity index (χ4n) is 1.82. The lowest BCUT2D eigenvalue weighted by atomic mass is 10.2. The molecule has 0 aromatic carbocycles. The summed E-state index contributed by atoms with van der Waals surface area (Å²) in [5.41, 5.74) is 0. The molecule has 6 heteroatoms. The lowest BCUT2D eigenvalue weighted by Gasteiger charge is -2.25. The molecule has 1 atom stereocenters. The van der Waals surface area contributed by atoms with Crippen LogP contribution in [0.1, 0.15) is 20.3 Å². The van der Waals surface area contributed by atoms with E-state index >= 15 is 0 Å². The molecule has 1 N–H and O–H groups in total. The first kappa shape index (κ1) is 13.6. The van der Waals surface area contributed by atoms with E-state index in [2.05, 4.69) is 21.4 Å². The summed E-state index contributed by atoms with van der Waals surface area (Å²) in [6.45, 7) is 4.83. The third-order valence-corrected chi connectivity index (χ3v) is 3.83. The lowest BCUT2D eigenvalue weighted by molar-refractivity contribution is 0.696. The predicted molar refractivity (Wildman–Crippen MR) is 79.7 cm³/mol. The summed E-state index contributed by atoms with van der Waals surface area (Å²) in [6, 6.07) is 4.35. The van der Waals surface area contributed by atoms with Gasteiger partial charge >= 0.3 is 0 Å². The largest absolute Gasteiger partial charge is 0.355 e. The minimum atomic E-state index is 0.123. The van der Waals surface area contributed by atoms with Gasteiger partial charge in [0.2, 0.25) is 5.95 Å².